The number of fused-ring (bicyclic) bond motifs is 1. The van der Waals surface area contributed by atoms with Crippen molar-refractivity contribution >= 4 is 28.4 Å². The minimum absolute atomic E-state index is 0.0912. The number of ether oxygens (including phenoxy) is 1. The van der Waals surface area contributed by atoms with Crippen molar-refractivity contribution in [3.63, 3.8) is 0 Å². The van der Waals surface area contributed by atoms with Crippen molar-refractivity contribution in [2.24, 2.45) is 5.92 Å². The number of nitrogens with zero attached hydrogens (tertiary/aromatic N) is 1. The molecular formula is C24H27N3O3. The van der Waals surface area contributed by atoms with Gasteiger partial charge in [-0.05, 0) is 67.8 Å². The second-order valence-corrected chi connectivity index (χ2v) is 7.47. The largest absolute Gasteiger partial charge is 0.494 e. The van der Waals surface area contributed by atoms with Crippen LogP contribution in [0.2, 0.25) is 0 Å². The van der Waals surface area contributed by atoms with Crippen LogP contribution in [0, 0.1) is 12.8 Å². The van der Waals surface area contributed by atoms with Gasteiger partial charge < -0.3 is 15.4 Å². The molecular weight excluding hydrogens is 378 g/mol. The molecule has 3 aromatic rings. The van der Waals surface area contributed by atoms with E-state index in [0.717, 1.165) is 16.5 Å². The molecule has 6 nitrogen and oxygen atoms in total. The van der Waals surface area contributed by atoms with E-state index >= 15 is 0 Å². The van der Waals surface area contributed by atoms with Gasteiger partial charge in [-0.2, -0.15) is 0 Å². The summed E-state index contributed by atoms with van der Waals surface area (Å²) in [4.78, 5) is 30.1. The highest BCUT2D eigenvalue weighted by Crippen LogP contribution is 2.25. The summed E-state index contributed by atoms with van der Waals surface area (Å²) in [5, 5.41) is 6.69. The van der Waals surface area contributed by atoms with Gasteiger partial charge in [0.05, 0.1) is 17.8 Å². The van der Waals surface area contributed by atoms with E-state index in [9.17, 15) is 9.59 Å². The zero-order valence-electron chi connectivity index (χ0n) is 17.7. The fourth-order valence-corrected chi connectivity index (χ4v) is 3.26. The number of aryl methyl sites for hydroxylation is 1. The van der Waals surface area contributed by atoms with E-state index in [1.54, 1.807) is 30.5 Å². The quantitative estimate of drug-likeness (QED) is 0.613. The van der Waals surface area contributed by atoms with E-state index in [2.05, 4.69) is 15.6 Å². The summed E-state index contributed by atoms with van der Waals surface area (Å²) < 4.78 is 5.41. The fourth-order valence-electron chi connectivity index (χ4n) is 3.26. The van der Waals surface area contributed by atoms with Crippen molar-refractivity contribution in [3.8, 4) is 5.75 Å². The van der Waals surface area contributed by atoms with Gasteiger partial charge in [-0.1, -0.05) is 19.9 Å². The summed E-state index contributed by atoms with van der Waals surface area (Å²) in [7, 11) is 0. The van der Waals surface area contributed by atoms with E-state index in [-0.39, 0.29) is 17.7 Å². The van der Waals surface area contributed by atoms with Crippen LogP contribution < -0.4 is 15.4 Å². The minimum Gasteiger partial charge on any atom is -0.494 e. The maximum atomic E-state index is 13.0. The average Bonchev–Trinajstić information content (AvgIpc) is 2.74. The molecule has 1 aromatic heterocycles. The normalized spacial score (nSPS) is 11.9. The Bertz CT molecular complexity index is 1050. The molecule has 0 spiro atoms. The van der Waals surface area contributed by atoms with E-state index in [1.807, 2.05) is 52.0 Å². The Morgan fingerprint density at radius 2 is 1.80 bits per heavy atom. The maximum Gasteiger partial charge on any atom is 0.251 e. The van der Waals surface area contributed by atoms with Crippen molar-refractivity contribution < 1.29 is 14.3 Å². The number of rotatable bonds is 7. The zero-order chi connectivity index (χ0) is 21.7. The van der Waals surface area contributed by atoms with Gasteiger partial charge in [-0.25, -0.2) is 0 Å². The molecule has 6 heteroatoms. The summed E-state index contributed by atoms with van der Waals surface area (Å²) in [6.45, 7) is 8.24. The van der Waals surface area contributed by atoms with Crippen LogP contribution in [0.1, 0.15) is 36.7 Å². The number of carbonyl (C=O) groups is 2. The first-order valence-corrected chi connectivity index (χ1v) is 10.1. The number of nitrogens with one attached hydrogen (secondary N) is 2. The Labute approximate surface area is 176 Å². The monoisotopic (exact) mass is 405 g/mol. The maximum absolute atomic E-state index is 13.0. The number of pyridine rings is 1. The molecule has 30 heavy (non-hydrogen) atoms. The third-order valence-corrected chi connectivity index (χ3v) is 4.89. The summed E-state index contributed by atoms with van der Waals surface area (Å²) in [6.07, 6.45) is 1.73. The lowest BCUT2D eigenvalue weighted by Gasteiger charge is -2.22. The molecule has 0 saturated heterocycles. The molecule has 0 saturated carbocycles. The van der Waals surface area contributed by atoms with Gasteiger partial charge in [0.2, 0.25) is 5.91 Å². The summed E-state index contributed by atoms with van der Waals surface area (Å²) in [5.41, 5.74) is 3.03. The van der Waals surface area contributed by atoms with Crippen molar-refractivity contribution in [3.05, 3.63) is 65.9 Å². The van der Waals surface area contributed by atoms with Crippen LogP contribution in [0.5, 0.6) is 5.75 Å². The Morgan fingerprint density at radius 3 is 2.47 bits per heavy atom. The second-order valence-electron chi connectivity index (χ2n) is 7.47. The number of amides is 2. The lowest BCUT2D eigenvalue weighted by molar-refractivity contribution is -0.118. The standard InChI is InChI=1S/C24H27N3O3/c1-5-30-18-11-9-17(10-12-18)23(28)27-21(15(2)3)24(29)26-20-13-8-16(4)22-19(20)7-6-14-25-22/h6-15,21H,5H2,1-4H3,(H,26,29)(H,27,28). The molecule has 0 fully saturated rings. The lowest BCUT2D eigenvalue weighted by Crippen LogP contribution is -2.47. The van der Waals surface area contributed by atoms with Crippen molar-refractivity contribution in [1.82, 2.24) is 10.3 Å². The number of hydrogen-bond acceptors (Lipinski definition) is 4. The number of aromatic nitrogens is 1. The smallest absolute Gasteiger partial charge is 0.251 e. The number of benzene rings is 2. The van der Waals surface area contributed by atoms with Crippen LogP contribution in [0.4, 0.5) is 5.69 Å². The van der Waals surface area contributed by atoms with Crippen LogP contribution in [-0.4, -0.2) is 29.4 Å². The highest BCUT2D eigenvalue weighted by Gasteiger charge is 2.25. The summed E-state index contributed by atoms with van der Waals surface area (Å²) in [5.74, 6) is 0.0409. The molecule has 0 radical (unpaired) electrons. The Morgan fingerprint density at radius 1 is 1.07 bits per heavy atom. The van der Waals surface area contributed by atoms with Gasteiger partial charge in [0.25, 0.3) is 5.91 Å². The molecule has 1 unspecified atom stereocenters. The molecule has 2 amide bonds. The van der Waals surface area contributed by atoms with Crippen LogP contribution in [0.15, 0.2) is 54.7 Å². The molecule has 2 N–H and O–H groups in total. The highest BCUT2D eigenvalue weighted by atomic mass is 16.5. The SMILES string of the molecule is CCOc1ccc(C(=O)NC(C(=O)Nc2ccc(C)c3ncccc23)C(C)C)cc1. The first kappa shape index (κ1) is 21.3. The Hall–Kier alpha value is -3.41. The van der Waals surface area contributed by atoms with Gasteiger partial charge in [-0.15, -0.1) is 0 Å². The molecule has 3 rings (SSSR count). The molecule has 1 heterocycles. The third kappa shape index (κ3) is 4.76. The molecule has 0 bridgehead atoms. The molecule has 156 valence electrons. The molecule has 1 atom stereocenters. The predicted molar refractivity (Wildman–Crippen MR) is 119 cm³/mol. The average molecular weight is 405 g/mol. The van der Waals surface area contributed by atoms with E-state index in [4.69, 9.17) is 4.74 Å². The molecule has 0 aliphatic carbocycles. The van der Waals surface area contributed by atoms with Gasteiger partial charge in [0, 0.05) is 17.1 Å². The number of anilines is 1. The van der Waals surface area contributed by atoms with Gasteiger partial charge in [0.1, 0.15) is 11.8 Å². The lowest BCUT2D eigenvalue weighted by atomic mass is 10.0. The van der Waals surface area contributed by atoms with E-state index in [0.29, 0.717) is 23.6 Å². The van der Waals surface area contributed by atoms with Crippen LogP contribution >= 0.6 is 0 Å². The third-order valence-electron chi connectivity index (χ3n) is 4.89. The van der Waals surface area contributed by atoms with E-state index < -0.39 is 6.04 Å². The topological polar surface area (TPSA) is 80.3 Å². The van der Waals surface area contributed by atoms with Crippen molar-refractivity contribution in [2.45, 2.75) is 33.7 Å². The first-order chi connectivity index (χ1) is 14.4. The van der Waals surface area contributed by atoms with Crippen molar-refractivity contribution in [2.75, 3.05) is 11.9 Å². The number of carbonyl (C=O) groups excluding carboxylic acids is 2. The molecule has 0 aliphatic rings. The predicted octanol–water partition coefficient (Wildman–Crippen LogP) is 4.34. The summed E-state index contributed by atoms with van der Waals surface area (Å²) >= 11 is 0. The van der Waals surface area contributed by atoms with Gasteiger partial charge in [0.15, 0.2) is 0 Å². The zero-order valence-corrected chi connectivity index (χ0v) is 17.7. The fraction of sp³-hybridized carbons (Fsp3) is 0.292. The second kappa shape index (κ2) is 9.39. The van der Waals surface area contributed by atoms with Crippen LogP contribution in [-0.2, 0) is 4.79 Å². The molecule has 2 aromatic carbocycles. The van der Waals surface area contributed by atoms with Crippen LogP contribution in [0.3, 0.4) is 0 Å². The number of hydrogen-bond donors (Lipinski definition) is 2. The summed E-state index contributed by atoms with van der Waals surface area (Å²) in [6, 6.07) is 13.7. The first-order valence-electron chi connectivity index (χ1n) is 10.1. The highest BCUT2D eigenvalue weighted by molar-refractivity contribution is 6.05. The minimum atomic E-state index is -0.683. The van der Waals surface area contributed by atoms with Crippen LogP contribution in [0.25, 0.3) is 10.9 Å². The Balaban J connectivity index is 1.77. The molecule has 0 aliphatic heterocycles. The van der Waals surface area contributed by atoms with Gasteiger partial charge in [-0.3, -0.25) is 14.6 Å². The van der Waals surface area contributed by atoms with Gasteiger partial charge >= 0.3 is 0 Å². The van der Waals surface area contributed by atoms with Crippen molar-refractivity contribution in [1.29, 1.82) is 0 Å². The Kier molecular flexibility index (Phi) is 6.67. The van der Waals surface area contributed by atoms with E-state index in [1.165, 1.54) is 0 Å².